The number of hydrogen-bond acceptors (Lipinski definition) is 3. The summed E-state index contributed by atoms with van der Waals surface area (Å²) < 4.78 is 5.43. The molecule has 0 aliphatic carbocycles. The van der Waals surface area contributed by atoms with Gasteiger partial charge in [-0.15, -0.1) is 0 Å². The lowest BCUT2D eigenvalue weighted by molar-refractivity contribution is -0.124. The lowest BCUT2D eigenvalue weighted by Gasteiger charge is -2.14. The number of benzene rings is 2. The first-order valence-corrected chi connectivity index (χ1v) is 9.24. The summed E-state index contributed by atoms with van der Waals surface area (Å²) in [6, 6.07) is 18.0. The first kappa shape index (κ1) is 18.9. The van der Waals surface area contributed by atoms with E-state index in [0.717, 1.165) is 30.1 Å². The molecule has 0 bridgehead atoms. The van der Waals surface area contributed by atoms with Gasteiger partial charge in [-0.3, -0.25) is 9.79 Å². The van der Waals surface area contributed by atoms with Crippen LogP contribution in [0.25, 0.3) is 0 Å². The van der Waals surface area contributed by atoms with Gasteiger partial charge in [0.2, 0.25) is 0 Å². The van der Waals surface area contributed by atoms with Crippen molar-refractivity contribution in [2.75, 3.05) is 19.0 Å². The number of anilines is 1. The van der Waals surface area contributed by atoms with Crippen molar-refractivity contribution in [1.29, 1.82) is 0 Å². The van der Waals surface area contributed by atoms with Crippen LogP contribution in [0.2, 0.25) is 0 Å². The third-order valence-electron chi connectivity index (χ3n) is 4.40. The van der Waals surface area contributed by atoms with Gasteiger partial charge in [-0.25, -0.2) is 0 Å². The summed E-state index contributed by atoms with van der Waals surface area (Å²) in [6.07, 6.45) is 1.40. The lowest BCUT2D eigenvalue weighted by Crippen LogP contribution is -2.36. The maximum Gasteiger partial charge on any atom is 0.253 e. The third-order valence-corrected chi connectivity index (χ3v) is 4.40. The Kier molecular flexibility index (Phi) is 6.82. The molecule has 0 saturated carbocycles. The molecule has 2 aromatic rings. The highest BCUT2D eigenvalue weighted by atomic mass is 16.5. The Labute approximate surface area is 160 Å². The predicted octanol–water partition coefficient (Wildman–Crippen LogP) is 2.67. The number of amides is 1. The summed E-state index contributed by atoms with van der Waals surface area (Å²) in [7, 11) is 1.75. The molecule has 0 aromatic heterocycles. The molecule has 3 N–H and O–H groups in total. The molecule has 1 aliphatic heterocycles. The van der Waals surface area contributed by atoms with Gasteiger partial charge in [0.15, 0.2) is 5.96 Å². The van der Waals surface area contributed by atoms with Crippen molar-refractivity contribution in [3.8, 4) is 0 Å². The van der Waals surface area contributed by atoms with Crippen molar-refractivity contribution in [2.24, 2.45) is 4.99 Å². The molecule has 3 rings (SSSR count). The van der Waals surface area contributed by atoms with E-state index in [-0.39, 0.29) is 12.0 Å². The standard InChI is InChI=1S/C21H26N4O2/c1-22-21(23-14-16-7-3-2-4-8-16)24-15-17-9-5-10-18(13-17)25-20(26)19-11-6-12-27-19/h2-5,7-10,13,19H,6,11-12,14-15H2,1H3,(H,25,26)(H2,22,23,24). The third kappa shape index (κ3) is 5.82. The van der Waals surface area contributed by atoms with Crippen LogP contribution in [-0.4, -0.2) is 31.6 Å². The second kappa shape index (κ2) is 9.73. The molecule has 0 radical (unpaired) electrons. The van der Waals surface area contributed by atoms with Crippen molar-refractivity contribution in [3.05, 3.63) is 65.7 Å². The van der Waals surface area contributed by atoms with Crippen molar-refractivity contribution < 1.29 is 9.53 Å². The number of nitrogens with one attached hydrogen (secondary N) is 3. The zero-order valence-corrected chi connectivity index (χ0v) is 15.6. The first-order valence-electron chi connectivity index (χ1n) is 9.24. The van der Waals surface area contributed by atoms with Crippen molar-refractivity contribution in [1.82, 2.24) is 10.6 Å². The van der Waals surface area contributed by atoms with Crippen LogP contribution in [0.4, 0.5) is 5.69 Å². The second-order valence-electron chi connectivity index (χ2n) is 6.46. The van der Waals surface area contributed by atoms with Gasteiger partial charge in [0.05, 0.1) is 0 Å². The average molecular weight is 366 g/mol. The number of hydrogen-bond donors (Lipinski definition) is 3. The summed E-state index contributed by atoms with van der Waals surface area (Å²) in [5.74, 6) is 0.658. The Morgan fingerprint density at radius 2 is 1.81 bits per heavy atom. The number of rotatable bonds is 6. The van der Waals surface area contributed by atoms with Crippen LogP contribution in [0.15, 0.2) is 59.6 Å². The Bertz CT molecular complexity index is 771. The lowest BCUT2D eigenvalue weighted by atomic mass is 10.2. The van der Waals surface area contributed by atoms with E-state index in [2.05, 4.69) is 33.1 Å². The van der Waals surface area contributed by atoms with E-state index in [4.69, 9.17) is 4.74 Å². The highest BCUT2D eigenvalue weighted by molar-refractivity contribution is 5.94. The summed E-state index contributed by atoms with van der Waals surface area (Å²) in [5.41, 5.74) is 3.03. The average Bonchev–Trinajstić information content (AvgIpc) is 3.24. The minimum Gasteiger partial charge on any atom is -0.368 e. The fourth-order valence-corrected chi connectivity index (χ4v) is 2.95. The summed E-state index contributed by atoms with van der Waals surface area (Å²) in [6.45, 7) is 1.98. The Morgan fingerprint density at radius 1 is 1.07 bits per heavy atom. The normalized spacial score (nSPS) is 16.8. The van der Waals surface area contributed by atoms with Crippen LogP contribution < -0.4 is 16.0 Å². The molecular formula is C21H26N4O2. The van der Waals surface area contributed by atoms with Crippen LogP contribution >= 0.6 is 0 Å². The summed E-state index contributed by atoms with van der Waals surface area (Å²) in [4.78, 5) is 16.4. The van der Waals surface area contributed by atoms with E-state index < -0.39 is 0 Å². The number of carbonyl (C=O) groups excluding carboxylic acids is 1. The van der Waals surface area contributed by atoms with Crippen LogP contribution in [-0.2, 0) is 22.6 Å². The van der Waals surface area contributed by atoms with Crippen molar-refractivity contribution >= 4 is 17.6 Å². The van der Waals surface area contributed by atoms with E-state index in [9.17, 15) is 4.79 Å². The maximum absolute atomic E-state index is 12.2. The maximum atomic E-state index is 12.2. The van der Waals surface area contributed by atoms with Gasteiger partial charge in [-0.1, -0.05) is 42.5 Å². The molecule has 1 aliphatic rings. The zero-order chi connectivity index (χ0) is 18.9. The highest BCUT2D eigenvalue weighted by Gasteiger charge is 2.23. The minimum absolute atomic E-state index is 0.0713. The van der Waals surface area contributed by atoms with Crippen LogP contribution in [0, 0.1) is 0 Å². The van der Waals surface area contributed by atoms with Gasteiger partial charge >= 0.3 is 0 Å². The molecular weight excluding hydrogens is 340 g/mol. The largest absolute Gasteiger partial charge is 0.368 e. The summed E-state index contributed by atoms with van der Waals surface area (Å²) in [5, 5.41) is 9.52. The van der Waals surface area contributed by atoms with Crippen molar-refractivity contribution in [3.63, 3.8) is 0 Å². The minimum atomic E-state index is -0.326. The molecule has 1 atom stereocenters. The molecule has 142 valence electrons. The molecule has 2 aromatic carbocycles. The quantitative estimate of drug-likeness (QED) is 0.543. The fourth-order valence-electron chi connectivity index (χ4n) is 2.95. The van der Waals surface area contributed by atoms with E-state index in [1.165, 1.54) is 5.56 Å². The number of ether oxygens (including phenoxy) is 1. The van der Waals surface area contributed by atoms with Gasteiger partial charge < -0.3 is 20.7 Å². The molecule has 1 unspecified atom stereocenters. The first-order chi connectivity index (χ1) is 13.2. The van der Waals surface area contributed by atoms with Crippen LogP contribution in [0.5, 0.6) is 0 Å². The van der Waals surface area contributed by atoms with E-state index in [1.807, 2.05) is 42.5 Å². The number of guanidine groups is 1. The monoisotopic (exact) mass is 366 g/mol. The zero-order valence-electron chi connectivity index (χ0n) is 15.6. The van der Waals surface area contributed by atoms with Gasteiger partial charge in [0.1, 0.15) is 6.10 Å². The predicted molar refractivity (Wildman–Crippen MR) is 108 cm³/mol. The molecule has 1 saturated heterocycles. The number of carbonyl (C=O) groups is 1. The molecule has 6 nitrogen and oxygen atoms in total. The number of nitrogens with zero attached hydrogens (tertiary/aromatic N) is 1. The Hall–Kier alpha value is -2.86. The SMILES string of the molecule is CN=C(NCc1ccccc1)NCc1cccc(NC(=O)C2CCCO2)c1. The van der Waals surface area contributed by atoms with Gasteiger partial charge in [0, 0.05) is 32.4 Å². The molecule has 1 heterocycles. The Morgan fingerprint density at radius 3 is 2.52 bits per heavy atom. The highest BCUT2D eigenvalue weighted by Crippen LogP contribution is 2.16. The Balaban J connectivity index is 1.50. The van der Waals surface area contributed by atoms with Gasteiger partial charge in [0.25, 0.3) is 5.91 Å². The van der Waals surface area contributed by atoms with E-state index >= 15 is 0 Å². The number of aliphatic imine (C=N–C) groups is 1. The van der Waals surface area contributed by atoms with Crippen LogP contribution in [0.1, 0.15) is 24.0 Å². The molecule has 0 spiro atoms. The van der Waals surface area contributed by atoms with E-state index in [0.29, 0.717) is 19.7 Å². The fraction of sp³-hybridized carbons (Fsp3) is 0.333. The van der Waals surface area contributed by atoms with Crippen molar-refractivity contribution in [2.45, 2.75) is 32.0 Å². The molecule has 1 fully saturated rings. The smallest absolute Gasteiger partial charge is 0.253 e. The topological polar surface area (TPSA) is 74.8 Å². The molecule has 1 amide bonds. The van der Waals surface area contributed by atoms with Crippen LogP contribution in [0.3, 0.4) is 0 Å². The van der Waals surface area contributed by atoms with E-state index in [1.54, 1.807) is 7.05 Å². The van der Waals surface area contributed by atoms with Gasteiger partial charge in [-0.2, -0.15) is 0 Å². The second-order valence-corrected chi connectivity index (χ2v) is 6.46. The van der Waals surface area contributed by atoms with Gasteiger partial charge in [-0.05, 0) is 36.1 Å². The molecule has 6 heteroatoms. The summed E-state index contributed by atoms with van der Waals surface area (Å²) >= 11 is 0. The molecule has 27 heavy (non-hydrogen) atoms.